The lowest BCUT2D eigenvalue weighted by molar-refractivity contribution is -0.113. The second-order valence-corrected chi connectivity index (χ2v) is 8.24. The Labute approximate surface area is 191 Å². The zero-order valence-electron chi connectivity index (χ0n) is 17.9. The molecule has 0 aliphatic rings. The molecule has 9 heteroatoms. The summed E-state index contributed by atoms with van der Waals surface area (Å²) in [5, 5.41) is 12.5. The highest BCUT2D eigenvalue weighted by Gasteiger charge is 2.15. The number of nitrogens with zero attached hydrogens (tertiary/aromatic N) is 3. The summed E-state index contributed by atoms with van der Waals surface area (Å²) < 4.78 is 13.1. The van der Waals surface area contributed by atoms with Gasteiger partial charge in [-0.25, -0.2) is 0 Å². The van der Waals surface area contributed by atoms with Gasteiger partial charge in [-0.2, -0.15) is 0 Å². The van der Waals surface area contributed by atoms with Crippen LogP contribution >= 0.6 is 23.4 Å². The van der Waals surface area contributed by atoms with Crippen molar-refractivity contribution in [1.82, 2.24) is 14.8 Å². The van der Waals surface area contributed by atoms with Gasteiger partial charge in [0.15, 0.2) is 11.0 Å². The molecule has 0 fully saturated rings. The molecule has 7 nitrogen and oxygen atoms in total. The second-order valence-electron chi connectivity index (χ2n) is 6.86. The Balaban J connectivity index is 1.61. The molecule has 0 aliphatic heterocycles. The van der Waals surface area contributed by atoms with Crippen LogP contribution in [-0.4, -0.2) is 33.5 Å². The summed E-state index contributed by atoms with van der Waals surface area (Å²) in [5.74, 6) is 2.03. The Morgan fingerprint density at radius 2 is 1.97 bits per heavy atom. The number of rotatable bonds is 9. The number of hydrogen-bond donors (Lipinski definition) is 1. The molecule has 0 saturated carbocycles. The van der Waals surface area contributed by atoms with Gasteiger partial charge in [-0.3, -0.25) is 4.79 Å². The van der Waals surface area contributed by atoms with Crippen LogP contribution in [0.4, 0.5) is 5.69 Å². The van der Waals surface area contributed by atoms with E-state index in [9.17, 15) is 4.79 Å². The number of aryl methyl sites for hydroxylation is 2. The van der Waals surface area contributed by atoms with Gasteiger partial charge in [0.1, 0.15) is 18.1 Å². The lowest BCUT2D eigenvalue weighted by atomic mass is 10.1. The van der Waals surface area contributed by atoms with Crippen LogP contribution < -0.4 is 14.8 Å². The molecule has 1 heterocycles. The zero-order chi connectivity index (χ0) is 22.4. The number of nitrogens with one attached hydrogen (secondary N) is 1. The van der Waals surface area contributed by atoms with Crippen molar-refractivity contribution in [2.24, 2.45) is 0 Å². The van der Waals surface area contributed by atoms with E-state index in [0.29, 0.717) is 40.6 Å². The molecule has 0 saturated heterocycles. The van der Waals surface area contributed by atoms with E-state index in [1.807, 2.05) is 29.7 Å². The first-order valence-corrected chi connectivity index (χ1v) is 11.2. The number of carbonyl (C=O) groups excluding carboxylic acids is 1. The summed E-state index contributed by atoms with van der Waals surface area (Å²) in [5.41, 5.74) is 2.92. The highest BCUT2D eigenvalue weighted by molar-refractivity contribution is 7.99. The summed E-state index contributed by atoms with van der Waals surface area (Å²) in [6, 6.07) is 11.0. The van der Waals surface area contributed by atoms with Gasteiger partial charge in [-0.15, -0.1) is 10.2 Å². The maximum Gasteiger partial charge on any atom is 0.234 e. The number of halogens is 1. The highest BCUT2D eigenvalue weighted by Crippen LogP contribution is 2.28. The lowest BCUT2D eigenvalue weighted by Gasteiger charge is -2.11. The molecule has 0 radical (unpaired) electrons. The molecule has 0 atom stereocenters. The fourth-order valence-electron chi connectivity index (χ4n) is 2.90. The van der Waals surface area contributed by atoms with Gasteiger partial charge >= 0.3 is 0 Å². The first-order chi connectivity index (χ1) is 14.9. The van der Waals surface area contributed by atoms with E-state index >= 15 is 0 Å². The monoisotopic (exact) mass is 460 g/mol. The molecule has 2 aromatic carbocycles. The Hall–Kier alpha value is -2.71. The number of amides is 1. The summed E-state index contributed by atoms with van der Waals surface area (Å²) in [6.45, 7) is 7.09. The number of thioether (sulfide) groups is 1. The molecule has 164 valence electrons. The highest BCUT2D eigenvalue weighted by atomic mass is 35.5. The standard InChI is InChI=1S/C22H25ClN4O3S/c1-5-27-20(12-30-17-8-6-14(2)15(3)10-17)25-26-22(27)31-13-21(28)24-18-11-16(23)7-9-19(18)29-4/h6-11H,5,12-13H2,1-4H3,(H,24,28). The smallest absolute Gasteiger partial charge is 0.234 e. The first kappa shape index (κ1) is 23.0. The van der Waals surface area contributed by atoms with Crippen molar-refractivity contribution in [2.75, 3.05) is 18.2 Å². The molecule has 3 aromatic rings. The predicted octanol–water partition coefficient (Wildman–Crippen LogP) is 4.89. The molecule has 0 aliphatic carbocycles. The second kappa shape index (κ2) is 10.5. The summed E-state index contributed by atoms with van der Waals surface area (Å²) in [7, 11) is 1.54. The minimum atomic E-state index is -0.191. The number of hydrogen-bond acceptors (Lipinski definition) is 6. The van der Waals surface area contributed by atoms with Gasteiger partial charge in [-0.05, 0) is 62.2 Å². The van der Waals surface area contributed by atoms with Crippen molar-refractivity contribution in [2.45, 2.75) is 39.1 Å². The maximum absolute atomic E-state index is 12.4. The normalized spacial score (nSPS) is 10.7. The number of carbonyl (C=O) groups is 1. The molecule has 1 amide bonds. The SMILES string of the molecule is CCn1c(COc2ccc(C)c(C)c2)nnc1SCC(=O)Nc1cc(Cl)ccc1OC. The third-order valence-electron chi connectivity index (χ3n) is 4.72. The average Bonchev–Trinajstić information content (AvgIpc) is 3.15. The van der Waals surface area contributed by atoms with Gasteiger partial charge < -0.3 is 19.4 Å². The van der Waals surface area contributed by atoms with E-state index in [0.717, 1.165) is 5.75 Å². The maximum atomic E-state index is 12.4. The van der Waals surface area contributed by atoms with Gasteiger partial charge in [0.05, 0.1) is 18.6 Å². The molecule has 0 spiro atoms. The van der Waals surface area contributed by atoms with Crippen molar-refractivity contribution in [3.8, 4) is 11.5 Å². The van der Waals surface area contributed by atoms with E-state index in [1.54, 1.807) is 25.3 Å². The Morgan fingerprint density at radius 1 is 1.16 bits per heavy atom. The summed E-state index contributed by atoms with van der Waals surface area (Å²) in [6.07, 6.45) is 0. The average molecular weight is 461 g/mol. The fraction of sp³-hybridized carbons (Fsp3) is 0.318. The number of benzene rings is 2. The molecular weight excluding hydrogens is 436 g/mol. The van der Waals surface area contributed by atoms with Crippen molar-refractivity contribution in [1.29, 1.82) is 0 Å². The van der Waals surface area contributed by atoms with Crippen LogP contribution in [0.15, 0.2) is 41.6 Å². The topological polar surface area (TPSA) is 78.3 Å². The zero-order valence-corrected chi connectivity index (χ0v) is 19.5. The number of ether oxygens (including phenoxy) is 2. The molecule has 31 heavy (non-hydrogen) atoms. The van der Waals surface area contributed by atoms with Crippen molar-refractivity contribution in [3.05, 3.63) is 58.4 Å². The van der Waals surface area contributed by atoms with Crippen LogP contribution in [0.2, 0.25) is 5.02 Å². The minimum Gasteiger partial charge on any atom is -0.495 e. The molecule has 1 N–H and O–H groups in total. The predicted molar refractivity (Wildman–Crippen MR) is 123 cm³/mol. The van der Waals surface area contributed by atoms with E-state index < -0.39 is 0 Å². The summed E-state index contributed by atoms with van der Waals surface area (Å²) >= 11 is 7.33. The van der Waals surface area contributed by atoms with Gasteiger partial charge in [-0.1, -0.05) is 29.4 Å². The Kier molecular flexibility index (Phi) is 7.81. The summed E-state index contributed by atoms with van der Waals surface area (Å²) in [4.78, 5) is 12.4. The fourth-order valence-corrected chi connectivity index (χ4v) is 3.89. The number of anilines is 1. The molecule has 3 rings (SSSR count). The van der Waals surface area contributed by atoms with E-state index in [4.69, 9.17) is 21.1 Å². The van der Waals surface area contributed by atoms with Crippen molar-refractivity contribution < 1.29 is 14.3 Å². The number of methoxy groups -OCH3 is 1. The number of aromatic nitrogens is 3. The van der Waals surface area contributed by atoms with E-state index in [1.165, 1.54) is 22.9 Å². The van der Waals surface area contributed by atoms with E-state index in [2.05, 4.69) is 29.4 Å². The molecular formula is C22H25ClN4O3S. The molecule has 0 bridgehead atoms. The Morgan fingerprint density at radius 3 is 2.68 bits per heavy atom. The van der Waals surface area contributed by atoms with Crippen LogP contribution in [0.5, 0.6) is 11.5 Å². The van der Waals surface area contributed by atoms with Crippen molar-refractivity contribution >= 4 is 35.0 Å². The quantitative estimate of drug-likeness (QED) is 0.458. The largest absolute Gasteiger partial charge is 0.495 e. The molecule has 0 unspecified atom stereocenters. The van der Waals surface area contributed by atoms with Crippen LogP contribution in [0.1, 0.15) is 23.9 Å². The Bertz CT molecular complexity index is 1070. The third-order valence-corrected chi connectivity index (χ3v) is 5.93. The van der Waals surface area contributed by atoms with Crippen molar-refractivity contribution in [3.63, 3.8) is 0 Å². The van der Waals surface area contributed by atoms with Crippen LogP contribution in [0.3, 0.4) is 0 Å². The lowest BCUT2D eigenvalue weighted by Crippen LogP contribution is -2.15. The first-order valence-electron chi connectivity index (χ1n) is 9.79. The van der Waals surface area contributed by atoms with Gasteiger partial charge in [0, 0.05) is 11.6 Å². The van der Waals surface area contributed by atoms with Crippen LogP contribution in [0.25, 0.3) is 0 Å². The van der Waals surface area contributed by atoms with Crippen LogP contribution in [0, 0.1) is 13.8 Å². The van der Waals surface area contributed by atoms with E-state index in [-0.39, 0.29) is 11.7 Å². The molecule has 1 aromatic heterocycles. The van der Waals surface area contributed by atoms with Gasteiger partial charge in [0.2, 0.25) is 5.91 Å². The van der Waals surface area contributed by atoms with Gasteiger partial charge in [0.25, 0.3) is 0 Å². The minimum absolute atomic E-state index is 0.172. The van der Waals surface area contributed by atoms with Crippen LogP contribution in [-0.2, 0) is 17.9 Å². The third kappa shape index (κ3) is 5.92.